The second kappa shape index (κ2) is 12.8. The minimum Gasteiger partial charge on any atom is -0.494 e. The molecule has 4 aromatic rings. The van der Waals surface area contributed by atoms with Crippen LogP contribution in [0.5, 0.6) is 5.75 Å². The van der Waals surface area contributed by atoms with Crippen molar-refractivity contribution < 1.29 is 22.7 Å². The zero-order valence-corrected chi connectivity index (χ0v) is 25.9. The van der Waals surface area contributed by atoms with Gasteiger partial charge in [-0.2, -0.15) is 5.10 Å². The molecule has 46 heavy (non-hydrogen) atoms. The Kier molecular flexibility index (Phi) is 8.43. The molecular formula is C33H37F3N8O2. The van der Waals surface area contributed by atoms with Gasteiger partial charge in [0, 0.05) is 86.4 Å². The molecule has 7 rings (SSSR count). The average molecular weight is 635 g/mol. The molecule has 0 unspecified atom stereocenters. The van der Waals surface area contributed by atoms with Crippen molar-refractivity contribution >= 4 is 23.0 Å². The normalized spacial score (nSPS) is 20.9. The van der Waals surface area contributed by atoms with E-state index in [0.29, 0.717) is 55.1 Å². The summed E-state index contributed by atoms with van der Waals surface area (Å²) in [4.78, 5) is 19.3. The minimum absolute atomic E-state index is 0.208. The van der Waals surface area contributed by atoms with E-state index < -0.39 is 23.8 Å². The molecule has 13 heteroatoms. The molecule has 2 aromatic heterocycles. The highest BCUT2D eigenvalue weighted by Crippen LogP contribution is 2.42. The van der Waals surface area contributed by atoms with Crippen molar-refractivity contribution in [3.8, 4) is 16.9 Å². The summed E-state index contributed by atoms with van der Waals surface area (Å²) in [7, 11) is 3.51. The summed E-state index contributed by atoms with van der Waals surface area (Å²) in [6, 6.07) is 9.77. The van der Waals surface area contributed by atoms with Crippen molar-refractivity contribution in [1.29, 1.82) is 0 Å². The molecule has 5 heterocycles. The van der Waals surface area contributed by atoms with E-state index in [1.54, 1.807) is 23.9 Å². The summed E-state index contributed by atoms with van der Waals surface area (Å²) < 4.78 is 50.3. The number of halogens is 3. The van der Waals surface area contributed by atoms with Gasteiger partial charge in [-0.1, -0.05) is 12.1 Å². The van der Waals surface area contributed by atoms with Crippen LogP contribution in [0, 0.1) is 11.6 Å². The highest BCUT2D eigenvalue weighted by molar-refractivity contribution is 5.85. The van der Waals surface area contributed by atoms with Gasteiger partial charge in [-0.25, -0.2) is 28.2 Å². The SMILES string of the molecule is COc1cc(N2CCC(N3CC[C@H](F)C3)CC2)c(-c2cnn(C)c2)cc1Nc1cc(N2OCC[C@@H]2c2cccc(F)c2F)ncn1. The summed E-state index contributed by atoms with van der Waals surface area (Å²) in [6.07, 6.45) is 7.53. The number of anilines is 4. The van der Waals surface area contributed by atoms with Crippen molar-refractivity contribution in [2.24, 2.45) is 7.05 Å². The molecular weight excluding hydrogens is 597 g/mol. The fourth-order valence-electron chi connectivity index (χ4n) is 6.86. The number of aryl methyl sites for hydroxylation is 1. The lowest BCUT2D eigenvalue weighted by atomic mass is 9.99. The number of hydrogen-bond donors (Lipinski definition) is 1. The number of rotatable bonds is 8. The van der Waals surface area contributed by atoms with Gasteiger partial charge in [0.25, 0.3) is 0 Å². The maximum absolute atomic E-state index is 14.7. The molecule has 1 N–H and O–H groups in total. The van der Waals surface area contributed by atoms with E-state index in [1.807, 2.05) is 31.6 Å². The van der Waals surface area contributed by atoms with E-state index in [0.717, 1.165) is 55.4 Å². The Morgan fingerprint density at radius 2 is 1.87 bits per heavy atom. The number of benzene rings is 2. The molecule has 3 aliphatic rings. The number of aromatic nitrogens is 4. The number of piperidine rings is 1. The standard InChI is InChI=1S/C33H37F3N8O2/c1-41-18-21(17-39-41)25-14-27(30(45-2)15-29(25)42-11-7-23(8-12-42)43-10-6-22(34)19-43)40-31-16-32(38-20-37-31)44-28(9-13-46-44)24-4-3-5-26(35)33(24)36/h3-5,14-18,20,22-23,28H,6-13,19H2,1-2H3,(H,37,38,40)/t22-,28+/m0/s1. The van der Waals surface area contributed by atoms with Gasteiger partial charge in [0.1, 0.15) is 24.1 Å². The van der Waals surface area contributed by atoms with E-state index in [4.69, 9.17) is 9.57 Å². The van der Waals surface area contributed by atoms with Gasteiger partial charge in [0.05, 0.1) is 31.6 Å². The van der Waals surface area contributed by atoms with Gasteiger partial charge in [0.15, 0.2) is 17.5 Å². The molecule has 3 aliphatic heterocycles. The molecule has 0 saturated carbocycles. The first-order chi connectivity index (χ1) is 22.4. The molecule has 3 fully saturated rings. The molecule has 0 amide bonds. The molecule has 3 saturated heterocycles. The Bertz CT molecular complexity index is 1700. The number of likely N-dealkylation sites (tertiary alicyclic amines) is 1. The Hall–Kier alpha value is -4.36. The van der Waals surface area contributed by atoms with E-state index in [-0.39, 0.29) is 5.56 Å². The van der Waals surface area contributed by atoms with Crippen LogP contribution in [0.4, 0.5) is 36.2 Å². The van der Waals surface area contributed by atoms with Gasteiger partial charge in [-0.15, -0.1) is 0 Å². The summed E-state index contributed by atoms with van der Waals surface area (Å²) in [5.74, 6) is -0.287. The maximum Gasteiger partial charge on any atom is 0.164 e. The minimum atomic E-state index is -0.903. The molecule has 10 nitrogen and oxygen atoms in total. The third-order valence-corrected chi connectivity index (χ3v) is 9.20. The van der Waals surface area contributed by atoms with Crippen LogP contribution >= 0.6 is 0 Å². The van der Waals surface area contributed by atoms with Crippen molar-refractivity contribution in [2.45, 2.75) is 43.9 Å². The van der Waals surface area contributed by atoms with E-state index in [9.17, 15) is 13.2 Å². The third-order valence-electron chi connectivity index (χ3n) is 9.20. The first-order valence-corrected chi connectivity index (χ1v) is 15.7. The average Bonchev–Trinajstić information content (AvgIpc) is 3.84. The predicted molar refractivity (Wildman–Crippen MR) is 169 cm³/mol. The Morgan fingerprint density at radius 3 is 2.61 bits per heavy atom. The van der Waals surface area contributed by atoms with Crippen LogP contribution in [-0.4, -0.2) is 76.8 Å². The summed E-state index contributed by atoms with van der Waals surface area (Å²) in [6.45, 7) is 3.40. The van der Waals surface area contributed by atoms with Gasteiger partial charge < -0.3 is 15.0 Å². The molecule has 0 aliphatic carbocycles. The number of alkyl halides is 1. The number of nitrogens with one attached hydrogen (secondary N) is 1. The molecule has 0 spiro atoms. The number of ether oxygens (including phenoxy) is 1. The van der Waals surface area contributed by atoms with Crippen LogP contribution in [0.1, 0.15) is 37.3 Å². The van der Waals surface area contributed by atoms with E-state index in [2.05, 4.69) is 30.2 Å². The molecule has 2 aromatic carbocycles. The lowest BCUT2D eigenvalue weighted by molar-refractivity contribution is 0.156. The second-order valence-electron chi connectivity index (χ2n) is 12.1. The zero-order chi connectivity index (χ0) is 31.8. The third kappa shape index (κ3) is 5.96. The highest BCUT2D eigenvalue weighted by atomic mass is 19.2. The lowest BCUT2D eigenvalue weighted by Crippen LogP contribution is -2.44. The monoisotopic (exact) mass is 634 g/mol. The first kappa shape index (κ1) is 30.3. The molecule has 2 atom stereocenters. The Morgan fingerprint density at radius 1 is 1.02 bits per heavy atom. The van der Waals surface area contributed by atoms with Crippen LogP contribution in [-0.2, 0) is 11.9 Å². The first-order valence-electron chi connectivity index (χ1n) is 15.7. The largest absolute Gasteiger partial charge is 0.494 e. The number of methoxy groups -OCH3 is 1. The van der Waals surface area contributed by atoms with Gasteiger partial charge in [0.2, 0.25) is 0 Å². The zero-order valence-electron chi connectivity index (χ0n) is 25.9. The fraction of sp³-hybridized carbons (Fsp3) is 0.424. The van der Waals surface area contributed by atoms with Crippen LogP contribution in [0.25, 0.3) is 11.1 Å². The molecule has 0 bridgehead atoms. The van der Waals surface area contributed by atoms with Crippen molar-refractivity contribution in [3.63, 3.8) is 0 Å². The summed E-state index contributed by atoms with van der Waals surface area (Å²) >= 11 is 0. The second-order valence-corrected chi connectivity index (χ2v) is 12.1. The van der Waals surface area contributed by atoms with Gasteiger partial charge in [-0.05, 0) is 31.4 Å². The van der Waals surface area contributed by atoms with E-state index >= 15 is 0 Å². The quantitative estimate of drug-likeness (QED) is 0.259. The Labute approximate surface area is 265 Å². The molecule has 0 radical (unpaired) electrons. The van der Waals surface area contributed by atoms with Gasteiger partial charge in [-0.3, -0.25) is 14.4 Å². The van der Waals surface area contributed by atoms with Crippen LogP contribution in [0.2, 0.25) is 0 Å². The van der Waals surface area contributed by atoms with Crippen LogP contribution in [0.3, 0.4) is 0 Å². The van der Waals surface area contributed by atoms with Crippen molar-refractivity contribution in [2.75, 3.05) is 55.2 Å². The number of hydroxylamine groups is 1. The number of hydrogen-bond acceptors (Lipinski definition) is 9. The van der Waals surface area contributed by atoms with Crippen LogP contribution < -0.4 is 20.0 Å². The highest BCUT2D eigenvalue weighted by Gasteiger charge is 2.33. The fourth-order valence-corrected chi connectivity index (χ4v) is 6.86. The van der Waals surface area contributed by atoms with Crippen molar-refractivity contribution in [1.82, 2.24) is 24.6 Å². The lowest BCUT2D eigenvalue weighted by Gasteiger charge is -2.38. The number of nitrogens with zero attached hydrogens (tertiary/aromatic N) is 7. The summed E-state index contributed by atoms with van der Waals surface area (Å²) in [5.41, 5.74) is 3.87. The summed E-state index contributed by atoms with van der Waals surface area (Å²) in [5, 5.41) is 9.30. The maximum atomic E-state index is 14.7. The predicted octanol–water partition coefficient (Wildman–Crippen LogP) is 5.80. The van der Waals surface area contributed by atoms with Crippen LogP contribution in [0.15, 0.2) is 55.1 Å². The van der Waals surface area contributed by atoms with Crippen molar-refractivity contribution in [3.05, 3.63) is 72.3 Å². The topological polar surface area (TPSA) is 83.8 Å². The Balaban J connectivity index is 1.16. The molecule has 242 valence electrons. The van der Waals surface area contributed by atoms with E-state index in [1.165, 1.54) is 17.5 Å². The van der Waals surface area contributed by atoms with Gasteiger partial charge >= 0.3 is 0 Å². The smallest absolute Gasteiger partial charge is 0.164 e.